The Morgan fingerprint density at radius 1 is 1.33 bits per heavy atom. The normalized spacial score (nSPS) is 10.5. The molecule has 0 aliphatic rings. The highest BCUT2D eigenvalue weighted by molar-refractivity contribution is 5.65. The molecular formula is C14H15FN4O2. The van der Waals surface area contributed by atoms with Crippen molar-refractivity contribution < 1.29 is 9.31 Å². The van der Waals surface area contributed by atoms with Gasteiger partial charge in [-0.3, -0.25) is 10.1 Å². The van der Waals surface area contributed by atoms with Crippen LogP contribution in [0.25, 0.3) is 11.4 Å². The number of rotatable bonds is 4. The molecule has 2 rings (SSSR count). The van der Waals surface area contributed by atoms with Gasteiger partial charge in [0.05, 0.1) is 10.6 Å². The third kappa shape index (κ3) is 2.96. The molecule has 110 valence electrons. The minimum Gasteiger partial charge on any atom is -0.368 e. The van der Waals surface area contributed by atoms with Crippen LogP contribution < -0.4 is 5.32 Å². The predicted octanol–water partition coefficient (Wildman–Crippen LogP) is 3.24. The van der Waals surface area contributed by atoms with Crippen LogP contribution in [0.1, 0.15) is 18.2 Å². The van der Waals surface area contributed by atoms with Crippen LogP contribution >= 0.6 is 0 Å². The monoisotopic (exact) mass is 290 g/mol. The fourth-order valence-corrected chi connectivity index (χ4v) is 1.93. The number of halogens is 1. The molecule has 0 aliphatic heterocycles. The first-order valence-electron chi connectivity index (χ1n) is 6.47. The summed E-state index contributed by atoms with van der Waals surface area (Å²) in [6, 6.07) is 4.45. The zero-order valence-electron chi connectivity index (χ0n) is 12.0. The van der Waals surface area contributed by atoms with Crippen molar-refractivity contribution in [3.8, 4) is 11.4 Å². The van der Waals surface area contributed by atoms with E-state index in [9.17, 15) is 14.5 Å². The van der Waals surface area contributed by atoms with Crippen molar-refractivity contribution in [1.82, 2.24) is 9.97 Å². The number of nitrogens with zero attached hydrogens (tertiary/aromatic N) is 3. The molecule has 6 nitrogen and oxygen atoms in total. The molecule has 1 N–H and O–H groups in total. The quantitative estimate of drug-likeness (QED) is 0.690. The second-order valence-corrected chi connectivity index (χ2v) is 4.58. The van der Waals surface area contributed by atoms with Gasteiger partial charge in [-0.1, -0.05) is 6.07 Å². The third-order valence-corrected chi connectivity index (χ3v) is 3.03. The molecule has 0 atom stereocenters. The van der Waals surface area contributed by atoms with Crippen molar-refractivity contribution in [2.75, 3.05) is 11.9 Å². The zero-order valence-corrected chi connectivity index (χ0v) is 12.0. The lowest BCUT2D eigenvalue weighted by Crippen LogP contribution is -2.07. The van der Waals surface area contributed by atoms with Gasteiger partial charge in [0.15, 0.2) is 17.5 Å². The highest BCUT2D eigenvalue weighted by Crippen LogP contribution is 2.27. The molecule has 0 saturated carbocycles. The van der Waals surface area contributed by atoms with Crippen molar-refractivity contribution in [3.05, 3.63) is 45.4 Å². The maximum Gasteiger partial charge on any atom is 0.270 e. The van der Waals surface area contributed by atoms with Gasteiger partial charge in [-0.25, -0.2) is 14.4 Å². The Balaban J connectivity index is 2.61. The molecule has 0 unspecified atom stereocenters. The second kappa shape index (κ2) is 5.82. The summed E-state index contributed by atoms with van der Waals surface area (Å²) in [6.07, 6.45) is 0. The van der Waals surface area contributed by atoms with Gasteiger partial charge < -0.3 is 5.32 Å². The minimum absolute atomic E-state index is 0.0498. The van der Waals surface area contributed by atoms with E-state index in [1.165, 1.54) is 19.1 Å². The van der Waals surface area contributed by atoms with Crippen LogP contribution in [0.15, 0.2) is 18.2 Å². The number of hydrogen-bond acceptors (Lipinski definition) is 5. The van der Waals surface area contributed by atoms with Gasteiger partial charge in [0.2, 0.25) is 0 Å². The summed E-state index contributed by atoms with van der Waals surface area (Å²) < 4.78 is 13.9. The summed E-state index contributed by atoms with van der Waals surface area (Å²) in [4.78, 5) is 18.6. The molecule has 0 amide bonds. The number of anilines is 1. The molecule has 1 aromatic carbocycles. The van der Waals surface area contributed by atoms with Gasteiger partial charge in [-0.15, -0.1) is 0 Å². The van der Waals surface area contributed by atoms with Crippen molar-refractivity contribution in [1.29, 1.82) is 0 Å². The maximum absolute atomic E-state index is 13.9. The number of nitro benzene ring substituents is 1. The molecule has 0 spiro atoms. The highest BCUT2D eigenvalue weighted by atomic mass is 19.1. The van der Waals surface area contributed by atoms with Crippen LogP contribution in [0.2, 0.25) is 0 Å². The molecule has 0 bridgehead atoms. The Morgan fingerprint density at radius 2 is 2.05 bits per heavy atom. The van der Waals surface area contributed by atoms with Crippen LogP contribution in [0.4, 0.5) is 15.9 Å². The van der Waals surface area contributed by atoms with E-state index in [2.05, 4.69) is 15.3 Å². The number of nitrogens with one attached hydrogen (secondary N) is 1. The van der Waals surface area contributed by atoms with E-state index in [0.29, 0.717) is 12.1 Å². The third-order valence-electron chi connectivity index (χ3n) is 3.03. The summed E-state index contributed by atoms with van der Waals surface area (Å²) in [5.74, 6) is -0.138. The second-order valence-electron chi connectivity index (χ2n) is 4.58. The average Bonchev–Trinajstić information content (AvgIpc) is 2.44. The molecule has 0 fully saturated rings. The predicted molar refractivity (Wildman–Crippen MR) is 77.7 cm³/mol. The number of nitro groups is 1. The lowest BCUT2D eigenvalue weighted by Gasteiger charge is -2.10. The van der Waals surface area contributed by atoms with Gasteiger partial charge in [-0.05, 0) is 26.3 Å². The summed E-state index contributed by atoms with van der Waals surface area (Å²) in [5.41, 5.74) is 1.45. The largest absolute Gasteiger partial charge is 0.368 e. The Morgan fingerprint density at radius 3 is 2.67 bits per heavy atom. The van der Waals surface area contributed by atoms with E-state index in [0.717, 1.165) is 5.56 Å². The lowest BCUT2D eigenvalue weighted by atomic mass is 10.1. The van der Waals surface area contributed by atoms with Gasteiger partial charge in [-0.2, -0.15) is 0 Å². The van der Waals surface area contributed by atoms with Crippen LogP contribution in [0.3, 0.4) is 0 Å². The maximum atomic E-state index is 13.9. The lowest BCUT2D eigenvalue weighted by molar-refractivity contribution is -0.384. The van der Waals surface area contributed by atoms with E-state index in [1.54, 1.807) is 13.0 Å². The van der Waals surface area contributed by atoms with Gasteiger partial charge in [0.25, 0.3) is 5.69 Å². The fraction of sp³-hybridized carbons (Fsp3) is 0.286. The molecular weight excluding hydrogens is 275 g/mol. The van der Waals surface area contributed by atoms with Crippen LogP contribution in [0, 0.1) is 29.8 Å². The fourth-order valence-electron chi connectivity index (χ4n) is 1.93. The first-order valence-corrected chi connectivity index (χ1v) is 6.47. The summed E-state index contributed by atoms with van der Waals surface area (Å²) >= 11 is 0. The molecule has 0 aliphatic carbocycles. The Hall–Kier alpha value is -2.57. The topological polar surface area (TPSA) is 81.0 Å². The van der Waals surface area contributed by atoms with Gasteiger partial charge in [0, 0.05) is 24.2 Å². The molecule has 2 aromatic rings. The first-order chi connectivity index (χ1) is 9.93. The molecule has 0 radical (unpaired) electrons. The van der Waals surface area contributed by atoms with E-state index < -0.39 is 10.7 Å². The van der Waals surface area contributed by atoms with Crippen molar-refractivity contribution in [2.45, 2.75) is 20.8 Å². The molecule has 21 heavy (non-hydrogen) atoms. The van der Waals surface area contributed by atoms with Gasteiger partial charge in [0.1, 0.15) is 0 Å². The number of non-ortho nitro benzene ring substituents is 1. The summed E-state index contributed by atoms with van der Waals surface area (Å²) in [7, 11) is 0. The van der Waals surface area contributed by atoms with Crippen LogP contribution in [-0.4, -0.2) is 21.4 Å². The zero-order chi connectivity index (χ0) is 15.6. The minimum atomic E-state index is -0.510. The Labute approximate surface area is 121 Å². The SMILES string of the molecule is CCNc1nc(-c2cc([N+](=O)[O-])ccc2C)nc(C)c1F. The van der Waals surface area contributed by atoms with E-state index in [-0.39, 0.29) is 23.0 Å². The molecule has 1 aromatic heterocycles. The molecule has 0 saturated heterocycles. The van der Waals surface area contributed by atoms with Crippen molar-refractivity contribution in [2.24, 2.45) is 0 Å². The molecule has 1 heterocycles. The van der Waals surface area contributed by atoms with Crippen LogP contribution in [-0.2, 0) is 0 Å². The average molecular weight is 290 g/mol. The van der Waals surface area contributed by atoms with E-state index >= 15 is 0 Å². The van der Waals surface area contributed by atoms with Crippen molar-refractivity contribution in [3.63, 3.8) is 0 Å². The summed E-state index contributed by atoms with van der Waals surface area (Å²) in [6.45, 7) is 5.68. The standard InChI is InChI=1S/C14H15FN4O2/c1-4-16-14-12(15)9(3)17-13(18-14)11-7-10(19(20)21)6-5-8(11)2/h5-7H,4H2,1-3H3,(H,16,17,18). The number of benzene rings is 1. The summed E-state index contributed by atoms with van der Waals surface area (Å²) in [5, 5.41) is 13.7. The van der Waals surface area contributed by atoms with E-state index in [1.807, 2.05) is 6.92 Å². The number of aryl methyl sites for hydroxylation is 2. The molecule has 7 heteroatoms. The van der Waals surface area contributed by atoms with Crippen molar-refractivity contribution >= 4 is 11.5 Å². The van der Waals surface area contributed by atoms with Gasteiger partial charge >= 0.3 is 0 Å². The number of aromatic nitrogens is 2. The smallest absolute Gasteiger partial charge is 0.270 e. The number of hydrogen-bond donors (Lipinski definition) is 1. The Bertz CT molecular complexity index is 704. The Kier molecular flexibility index (Phi) is 4.11. The first kappa shape index (κ1) is 14.8. The highest BCUT2D eigenvalue weighted by Gasteiger charge is 2.16. The van der Waals surface area contributed by atoms with Crippen LogP contribution in [0.5, 0.6) is 0 Å². The van der Waals surface area contributed by atoms with E-state index in [4.69, 9.17) is 0 Å².